The van der Waals surface area contributed by atoms with E-state index in [2.05, 4.69) is 39.0 Å². The average Bonchev–Trinajstić information content (AvgIpc) is 3.38. The normalized spacial score (nSPS) is 19.3. The first-order valence-corrected chi connectivity index (χ1v) is 11.0. The van der Waals surface area contributed by atoms with Crippen molar-refractivity contribution in [3.63, 3.8) is 0 Å². The molecule has 0 aromatic carbocycles. The molecule has 2 aliphatic rings. The monoisotopic (exact) mass is 383 g/mol. The van der Waals surface area contributed by atoms with Gasteiger partial charge in [-0.2, -0.15) is 5.10 Å². The fraction of sp³-hybridized carbons (Fsp3) is 0.400. The van der Waals surface area contributed by atoms with Crippen LogP contribution in [0, 0.1) is 0 Å². The summed E-state index contributed by atoms with van der Waals surface area (Å²) >= 11 is 3.55. The number of carbonyl (C=O) groups excluding carboxylic acids is 1. The van der Waals surface area contributed by atoms with Crippen molar-refractivity contribution in [2.45, 2.75) is 38.1 Å². The van der Waals surface area contributed by atoms with Gasteiger partial charge in [0, 0.05) is 28.9 Å². The maximum absolute atomic E-state index is 13.7. The minimum atomic E-state index is 0.0339. The molecule has 3 aromatic heterocycles. The number of hydrogen-bond acceptors (Lipinski definition) is 4. The summed E-state index contributed by atoms with van der Waals surface area (Å²) in [4.78, 5) is 18.4. The molecule has 3 aromatic rings. The van der Waals surface area contributed by atoms with E-state index in [0.29, 0.717) is 0 Å². The molecule has 1 aliphatic carbocycles. The van der Waals surface area contributed by atoms with Gasteiger partial charge in [-0.25, -0.2) is 0 Å². The number of aromatic nitrogens is 2. The molecule has 134 valence electrons. The van der Waals surface area contributed by atoms with Crippen LogP contribution in [0.4, 0.5) is 0 Å². The molecule has 6 heteroatoms. The number of aryl methyl sites for hydroxylation is 2. The van der Waals surface area contributed by atoms with Gasteiger partial charge in [-0.05, 0) is 60.6 Å². The van der Waals surface area contributed by atoms with Gasteiger partial charge in [0.15, 0.2) is 0 Å². The van der Waals surface area contributed by atoms with E-state index in [-0.39, 0.29) is 11.9 Å². The maximum Gasteiger partial charge on any atom is 0.273 e. The van der Waals surface area contributed by atoms with Gasteiger partial charge in [0.2, 0.25) is 0 Å². The second-order valence-electron chi connectivity index (χ2n) is 7.07. The Hall–Kier alpha value is -1.92. The summed E-state index contributed by atoms with van der Waals surface area (Å²) in [5.74, 6) is 0.137. The number of hydrogen-bond donors (Lipinski definition) is 0. The Kier molecular flexibility index (Phi) is 3.98. The van der Waals surface area contributed by atoms with Crippen molar-refractivity contribution < 1.29 is 4.79 Å². The van der Waals surface area contributed by atoms with Crippen molar-refractivity contribution in [3.8, 4) is 0 Å². The predicted octanol–water partition coefficient (Wildman–Crippen LogP) is 4.21. The van der Waals surface area contributed by atoms with Crippen LogP contribution in [0.1, 0.15) is 55.9 Å². The van der Waals surface area contributed by atoms with Crippen LogP contribution in [0.15, 0.2) is 29.0 Å². The van der Waals surface area contributed by atoms with Gasteiger partial charge >= 0.3 is 0 Å². The lowest BCUT2D eigenvalue weighted by molar-refractivity contribution is 0.0686. The molecule has 0 saturated carbocycles. The lowest BCUT2D eigenvalue weighted by Crippen LogP contribution is -2.41. The van der Waals surface area contributed by atoms with Gasteiger partial charge in [-0.15, -0.1) is 22.7 Å². The highest BCUT2D eigenvalue weighted by Gasteiger charge is 2.36. The molecule has 4 nitrogen and oxygen atoms in total. The molecular weight excluding hydrogens is 362 g/mol. The third-order valence-corrected chi connectivity index (χ3v) is 7.48. The zero-order valence-electron chi connectivity index (χ0n) is 14.8. The van der Waals surface area contributed by atoms with E-state index in [1.165, 1.54) is 27.3 Å². The molecule has 0 radical (unpaired) electrons. The fourth-order valence-electron chi connectivity index (χ4n) is 4.37. The first-order chi connectivity index (χ1) is 12.7. The summed E-state index contributed by atoms with van der Waals surface area (Å²) in [5.41, 5.74) is 4.42. The van der Waals surface area contributed by atoms with E-state index < -0.39 is 0 Å². The molecule has 0 saturated heterocycles. The zero-order valence-corrected chi connectivity index (χ0v) is 16.4. The maximum atomic E-state index is 13.7. The number of fused-ring (bicyclic) bond motifs is 2. The number of rotatable bonds is 2. The summed E-state index contributed by atoms with van der Waals surface area (Å²) in [6.07, 6.45) is 5.26. The van der Waals surface area contributed by atoms with Crippen molar-refractivity contribution in [1.29, 1.82) is 0 Å². The number of thiophene rings is 2. The van der Waals surface area contributed by atoms with Crippen LogP contribution in [0.5, 0.6) is 0 Å². The molecular formula is C20H21N3OS2. The highest BCUT2D eigenvalue weighted by atomic mass is 32.1. The Morgan fingerprint density at radius 1 is 1.15 bits per heavy atom. The summed E-state index contributed by atoms with van der Waals surface area (Å²) < 4.78 is 1.83. The van der Waals surface area contributed by atoms with Gasteiger partial charge in [0.25, 0.3) is 5.91 Å². The Balaban J connectivity index is 1.59. The van der Waals surface area contributed by atoms with Crippen molar-refractivity contribution in [3.05, 3.63) is 61.2 Å². The van der Waals surface area contributed by atoms with Gasteiger partial charge < -0.3 is 4.90 Å². The summed E-state index contributed by atoms with van der Waals surface area (Å²) in [6.45, 7) is 0.773. The smallest absolute Gasteiger partial charge is 0.273 e. The van der Waals surface area contributed by atoms with E-state index in [9.17, 15) is 4.79 Å². The van der Waals surface area contributed by atoms with Crippen LogP contribution >= 0.6 is 22.7 Å². The van der Waals surface area contributed by atoms with Gasteiger partial charge in [-0.1, -0.05) is 6.07 Å². The molecule has 26 heavy (non-hydrogen) atoms. The second kappa shape index (κ2) is 6.35. The second-order valence-corrected chi connectivity index (χ2v) is 9.05. The SMILES string of the molecule is Cn1nc2c(c1C(=O)N1CCc3sccc3[C@@H]1c1cccs1)CCCC2. The molecule has 1 aliphatic heterocycles. The lowest BCUT2D eigenvalue weighted by Gasteiger charge is -2.35. The molecule has 1 amide bonds. The van der Waals surface area contributed by atoms with Crippen molar-refractivity contribution in [1.82, 2.24) is 14.7 Å². The van der Waals surface area contributed by atoms with E-state index in [1.54, 1.807) is 11.3 Å². The van der Waals surface area contributed by atoms with E-state index in [1.807, 2.05) is 23.1 Å². The molecule has 4 heterocycles. The fourth-order valence-corrected chi connectivity index (χ4v) is 6.13. The van der Waals surface area contributed by atoms with E-state index in [4.69, 9.17) is 0 Å². The Bertz CT molecular complexity index is 954. The van der Waals surface area contributed by atoms with Gasteiger partial charge in [-0.3, -0.25) is 9.48 Å². The third-order valence-electron chi connectivity index (χ3n) is 5.56. The molecule has 0 N–H and O–H groups in total. The van der Waals surface area contributed by atoms with Crippen LogP contribution in [0.2, 0.25) is 0 Å². The number of nitrogens with zero attached hydrogens (tertiary/aromatic N) is 3. The summed E-state index contributed by atoms with van der Waals surface area (Å²) in [6, 6.07) is 6.46. The predicted molar refractivity (Wildman–Crippen MR) is 105 cm³/mol. The molecule has 0 fully saturated rings. The highest BCUT2D eigenvalue weighted by molar-refractivity contribution is 7.10. The Morgan fingerprint density at radius 2 is 2.04 bits per heavy atom. The Morgan fingerprint density at radius 3 is 2.88 bits per heavy atom. The van der Waals surface area contributed by atoms with Crippen molar-refractivity contribution in [2.24, 2.45) is 7.05 Å². The first-order valence-electron chi connectivity index (χ1n) is 9.19. The molecule has 0 bridgehead atoms. The van der Waals surface area contributed by atoms with Crippen LogP contribution in [0.3, 0.4) is 0 Å². The minimum Gasteiger partial charge on any atom is -0.325 e. The van der Waals surface area contributed by atoms with Crippen LogP contribution < -0.4 is 0 Å². The average molecular weight is 384 g/mol. The highest BCUT2D eigenvalue weighted by Crippen LogP contribution is 2.40. The van der Waals surface area contributed by atoms with E-state index in [0.717, 1.165) is 43.6 Å². The minimum absolute atomic E-state index is 0.0339. The molecule has 0 spiro atoms. The van der Waals surface area contributed by atoms with Crippen LogP contribution in [-0.2, 0) is 26.3 Å². The molecule has 0 unspecified atom stereocenters. The molecule has 5 rings (SSSR count). The number of carbonyl (C=O) groups is 1. The van der Waals surface area contributed by atoms with Crippen molar-refractivity contribution in [2.75, 3.05) is 6.54 Å². The van der Waals surface area contributed by atoms with E-state index >= 15 is 0 Å². The van der Waals surface area contributed by atoms with Crippen LogP contribution in [-0.4, -0.2) is 27.1 Å². The van der Waals surface area contributed by atoms with Gasteiger partial charge in [0.1, 0.15) is 5.69 Å². The number of amides is 1. The third kappa shape index (κ3) is 2.47. The largest absolute Gasteiger partial charge is 0.325 e. The van der Waals surface area contributed by atoms with Crippen molar-refractivity contribution >= 4 is 28.6 Å². The Labute approximate surface area is 161 Å². The van der Waals surface area contributed by atoms with Gasteiger partial charge in [0.05, 0.1) is 11.7 Å². The van der Waals surface area contributed by atoms with Crippen LogP contribution in [0.25, 0.3) is 0 Å². The standard InChI is InChI=1S/C20H21N3OS2/c1-22-19(13-5-2-3-6-15(13)21-22)20(24)23-10-8-16-14(9-12-26-16)18(23)17-7-4-11-25-17/h4,7,9,11-12,18H,2-3,5-6,8,10H2,1H3/t18-/m1/s1. The first kappa shape index (κ1) is 16.3. The quantitative estimate of drug-likeness (QED) is 0.665. The summed E-state index contributed by atoms with van der Waals surface area (Å²) in [5, 5.41) is 8.92. The molecule has 1 atom stereocenters. The zero-order chi connectivity index (χ0) is 17.7. The summed E-state index contributed by atoms with van der Waals surface area (Å²) in [7, 11) is 1.92. The topological polar surface area (TPSA) is 38.1 Å². The lowest BCUT2D eigenvalue weighted by atomic mass is 9.94.